The van der Waals surface area contributed by atoms with Gasteiger partial charge < -0.3 is 15.2 Å². The SMILES string of the molecule is CC(C)(C)OC(=O)N[C@@H](Cc1ccccc1)CN1CCCC1C(=O)O. The monoisotopic (exact) mass is 348 g/mol. The molecule has 1 aromatic rings. The molecule has 2 N–H and O–H groups in total. The fourth-order valence-electron chi connectivity index (χ4n) is 3.14. The highest BCUT2D eigenvalue weighted by Crippen LogP contribution is 2.19. The summed E-state index contributed by atoms with van der Waals surface area (Å²) in [5.41, 5.74) is 0.521. The Bertz CT molecular complexity index is 583. The molecule has 2 atom stereocenters. The van der Waals surface area contributed by atoms with E-state index < -0.39 is 23.7 Å². The van der Waals surface area contributed by atoms with Gasteiger partial charge in [-0.05, 0) is 52.1 Å². The van der Waals surface area contributed by atoms with Gasteiger partial charge in [0.1, 0.15) is 11.6 Å². The average Bonchev–Trinajstić information content (AvgIpc) is 2.94. The summed E-state index contributed by atoms with van der Waals surface area (Å²) in [7, 11) is 0. The van der Waals surface area contributed by atoms with Crippen LogP contribution in [0.2, 0.25) is 0 Å². The molecule has 0 aromatic heterocycles. The number of likely N-dealkylation sites (tertiary alicyclic amines) is 1. The number of carboxylic acid groups (broad SMARTS) is 1. The highest BCUT2D eigenvalue weighted by molar-refractivity contribution is 5.73. The number of hydrogen-bond acceptors (Lipinski definition) is 4. The Kier molecular flexibility index (Phi) is 6.42. The lowest BCUT2D eigenvalue weighted by atomic mass is 10.1. The zero-order valence-electron chi connectivity index (χ0n) is 15.2. The van der Waals surface area contributed by atoms with Gasteiger partial charge in [0.25, 0.3) is 0 Å². The number of nitrogens with zero attached hydrogens (tertiary/aromatic N) is 1. The van der Waals surface area contributed by atoms with Crippen LogP contribution < -0.4 is 5.32 Å². The van der Waals surface area contributed by atoms with E-state index in [0.717, 1.165) is 18.5 Å². The van der Waals surface area contributed by atoms with E-state index in [2.05, 4.69) is 5.32 Å². The summed E-state index contributed by atoms with van der Waals surface area (Å²) in [6.45, 7) is 6.68. The molecule has 25 heavy (non-hydrogen) atoms. The van der Waals surface area contributed by atoms with Gasteiger partial charge in [-0.2, -0.15) is 0 Å². The van der Waals surface area contributed by atoms with E-state index >= 15 is 0 Å². The number of ether oxygens (including phenoxy) is 1. The van der Waals surface area contributed by atoms with E-state index in [4.69, 9.17) is 4.74 Å². The third-order valence-electron chi connectivity index (χ3n) is 4.15. The van der Waals surface area contributed by atoms with Crippen molar-refractivity contribution in [1.82, 2.24) is 10.2 Å². The Morgan fingerprint density at radius 2 is 2.00 bits per heavy atom. The molecule has 0 saturated carbocycles. The van der Waals surface area contributed by atoms with Crippen molar-refractivity contribution in [3.8, 4) is 0 Å². The summed E-state index contributed by atoms with van der Waals surface area (Å²) in [4.78, 5) is 25.5. The molecule has 6 heteroatoms. The molecule has 1 saturated heterocycles. The van der Waals surface area contributed by atoms with Gasteiger partial charge in [-0.1, -0.05) is 30.3 Å². The lowest BCUT2D eigenvalue weighted by Gasteiger charge is -2.29. The number of carboxylic acids is 1. The second-order valence-electron chi connectivity index (χ2n) is 7.52. The first-order valence-electron chi connectivity index (χ1n) is 8.75. The molecule has 138 valence electrons. The first kappa shape index (κ1) is 19.2. The van der Waals surface area contributed by atoms with Crippen LogP contribution in [0.5, 0.6) is 0 Å². The minimum Gasteiger partial charge on any atom is -0.480 e. The molecule has 0 aliphatic carbocycles. The zero-order chi connectivity index (χ0) is 18.4. The van der Waals surface area contributed by atoms with E-state index in [1.807, 2.05) is 56.0 Å². The van der Waals surface area contributed by atoms with Crippen LogP contribution in [0.1, 0.15) is 39.2 Å². The predicted molar refractivity (Wildman–Crippen MR) is 95.5 cm³/mol. The van der Waals surface area contributed by atoms with E-state index in [1.54, 1.807) is 0 Å². The van der Waals surface area contributed by atoms with Crippen LogP contribution in [0.4, 0.5) is 4.79 Å². The van der Waals surface area contributed by atoms with E-state index in [0.29, 0.717) is 19.4 Å². The van der Waals surface area contributed by atoms with Gasteiger partial charge in [0.2, 0.25) is 0 Å². The number of carbonyl (C=O) groups excluding carboxylic acids is 1. The maximum Gasteiger partial charge on any atom is 0.407 e. The molecule has 1 heterocycles. The molecule has 1 amide bonds. The summed E-state index contributed by atoms with van der Waals surface area (Å²) < 4.78 is 5.36. The third kappa shape index (κ3) is 6.38. The highest BCUT2D eigenvalue weighted by Gasteiger charge is 2.32. The molecule has 0 radical (unpaired) electrons. The highest BCUT2D eigenvalue weighted by atomic mass is 16.6. The lowest BCUT2D eigenvalue weighted by molar-refractivity contribution is -0.142. The number of aliphatic carboxylic acids is 1. The Balaban J connectivity index is 2.06. The second-order valence-corrected chi connectivity index (χ2v) is 7.52. The van der Waals surface area contributed by atoms with Crippen molar-refractivity contribution in [2.75, 3.05) is 13.1 Å². The average molecular weight is 348 g/mol. The largest absolute Gasteiger partial charge is 0.480 e. The summed E-state index contributed by atoms with van der Waals surface area (Å²) in [5, 5.41) is 12.3. The van der Waals surface area contributed by atoms with Gasteiger partial charge in [0, 0.05) is 12.6 Å². The molecule has 6 nitrogen and oxygen atoms in total. The molecule has 0 bridgehead atoms. The molecule has 1 unspecified atom stereocenters. The van der Waals surface area contributed by atoms with Crippen molar-refractivity contribution in [1.29, 1.82) is 0 Å². The summed E-state index contributed by atoms with van der Waals surface area (Å²) in [5.74, 6) is -0.798. The predicted octanol–water partition coefficient (Wildman–Crippen LogP) is 2.67. The molecule has 1 aromatic carbocycles. The molecule has 2 rings (SSSR count). The molecule has 1 fully saturated rings. The first-order chi connectivity index (χ1) is 11.7. The van der Waals surface area contributed by atoms with E-state index in [-0.39, 0.29) is 6.04 Å². The Labute approximate surface area is 149 Å². The number of nitrogens with one attached hydrogen (secondary N) is 1. The topological polar surface area (TPSA) is 78.9 Å². The van der Waals surface area contributed by atoms with E-state index in [1.165, 1.54) is 0 Å². The molecule has 1 aliphatic rings. The van der Waals surface area contributed by atoms with Crippen LogP contribution in [0.25, 0.3) is 0 Å². The number of rotatable bonds is 6. The minimum absolute atomic E-state index is 0.211. The standard InChI is InChI=1S/C19H28N2O4/c1-19(2,3)25-18(24)20-15(12-14-8-5-4-6-9-14)13-21-11-7-10-16(21)17(22)23/h4-6,8-9,15-16H,7,10-13H2,1-3H3,(H,20,24)(H,22,23)/t15-,16?/m0/s1. The number of amides is 1. The maximum atomic E-state index is 12.2. The van der Waals surface area contributed by atoms with Crippen molar-refractivity contribution >= 4 is 12.1 Å². The van der Waals surface area contributed by atoms with Gasteiger partial charge in [0.05, 0.1) is 0 Å². The van der Waals surface area contributed by atoms with Crippen molar-refractivity contribution in [2.45, 2.75) is 57.7 Å². The molecular formula is C19H28N2O4. The van der Waals surface area contributed by atoms with E-state index in [9.17, 15) is 14.7 Å². The lowest BCUT2D eigenvalue weighted by Crippen LogP contribution is -2.49. The number of benzene rings is 1. The normalized spacial score (nSPS) is 19.4. The van der Waals surface area contributed by atoms with Crippen LogP contribution in [0, 0.1) is 0 Å². The Morgan fingerprint density at radius 1 is 1.32 bits per heavy atom. The summed E-state index contributed by atoms with van der Waals surface area (Å²) in [6.07, 6.45) is 1.67. The van der Waals surface area contributed by atoms with Gasteiger partial charge in [-0.15, -0.1) is 0 Å². The van der Waals surface area contributed by atoms with Crippen LogP contribution >= 0.6 is 0 Å². The summed E-state index contributed by atoms with van der Waals surface area (Å²) >= 11 is 0. The third-order valence-corrected chi connectivity index (χ3v) is 4.15. The maximum absolute atomic E-state index is 12.2. The quantitative estimate of drug-likeness (QED) is 0.826. The number of carbonyl (C=O) groups is 2. The van der Waals surface area contributed by atoms with Gasteiger partial charge in [0.15, 0.2) is 0 Å². The minimum atomic E-state index is -0.798. The van der Waals surface area contributed by atoms with Crippen LogP contribution in [0.3, 0.4) is 0 Å². The zero-order valence-corrected chi connectivity index (χ0v) is 15.2. The van der Waals surface area contributed by atoms with Crippen molar-refractivity contribution in [2.24, 2.45) is 0 Å². The number of hydrogen-bond donors (Lipinski definition) is 2. The Morgan fingerprint density at radius 3 is 2.60 bits per heavy atom. The van der Waals surface area contributed by atoms with Gasteiger partial charge in [-0.25, -0.2) is 4.79 Å². The van der Waals surface area contributed by atoms with Gasteiger partial charge >= 0.3 is 12.1 Å². The second kappa shape index (κ2) is 8.34. The van der Waals surface area contributed by atoms with Crippen LogP contribution in [0.15, 0.2) is 30.3 Å². The van der Waals surface area contributed by atoms with Crippen molar-refractivity contribution < 1.29 is 19.4 Å². The smallest absolute Gasteiger partial charge is 0.407 e. The first-order valence-corrected chi connectivity index (χ1v) is 8.75. The van der Waals surface area contributed by atoms with Crippen molar-refractivity contribution in [3.63, 3.8) is 0 Å². The van der Waals surface area contributed by atoms with Crippen LogP contribution in [-0.4, -0.2) is 52.8 Å². The molecule has 0 spiro atoms. The van der Waals surface area contributed by atoms with Gasteiger partial charge in [-0.3, -0.25) is 9.69 Å². The van der Waals surface area contributed by atoms with Crippen LogP contribution in [-0.2, 0) is 16.0 Å². The fourth-order valence-corrected chi connectivity index (χ4v) is 3.14. The summed E-state index contributed by atoms with van der Waals surface area (Å²) in [6, 6.07) is 9.17. The van der Waals surface area contributed by atoms with Crippen molar-refractivity contribution in [3.05, 3.63) is 35.9 Å². The molecule has 1 aliphatic heterocycles. The fraction of sp³-hybridized carbons (Fsp3) is 0.579. The Hall–Kier alpha value is -2.08. The molecular weight excluding hydrogens is 320 g/mol. The number of alkyl carbamates (subject to hydrolysis) is 1.